The van der Waals surface area contributed by atoms with Crippen molar-refractivity contribution in [2.24, 2.45) is 5.41 Å². The maximum Gasteiger partial charge on any atom is 0.182 e. The second kappa shape index (κ2) is 6.40. The third kappa shape index (κ3) is 3.09. The van der Waals surface area contributed by atoms with E-state index < -0.39 is 0 Å². The fraction of sp³-hybridized carbons (Fsp3) is 0.286. The van der Waals surface area contributed by atoms with E-state index in [0.29, 0.717) is 11.3 Å². The molecule has 0 spiro atoms. The van der Waals surface area contributed by atoms with Crippen LogP contribution in [0.3, 0.4) is 0 Å². The number of thiazole rings is 1. The largest absolute Gasteiger partial charge is 0.361 e. The molecule has 1 aliphatic carbocycles. The normalized spacial score (nSPS) is 15.4. The van der Waals surface area contributed by atoms with Crippen LogP contribution in [-0.4, -0.2) is 11.5 Å². The van der Waals surface area contributed by atoms with Crippen molar-refractivity contribution >= 4 is 16.5 Å². The predicted molar refractivity (Wildman–Crippen MR) is 102 cm³/mol. The highest BCUT2D eigenvalue weighted by Crippen LogP contribution is 2.58. The number of benzene rings is 2. The van der Waals surface area contributed by atoms with Gasteiger partial charge in [-0.2, -0.15) is 0 Å². The number of hydrogen-bond donors (Lipinski definition) is 1. The molecule has 1 aromatic heterocycles. The van der Waals surface area contributed by atoms with E-state index in [-0.39, 0.29) is 0 Å². The zero-order valence-electron chi connectivity index (χ0n) is 13.9. The molecule has 0 unspecified atom stereocenters. The van der Waals surface area contributed by atoms with E-state index in [2.05, 4.69) is 77.9 Å². The van der Waals surface area contributed by atoms with Gasteiger partial charge >= 0.3 is 0 Å². The maximum atomic E-state index is 4.46. The molecule has 0 aliphatic heterocycles. The Morgan fingerprint density at radius 1 is 1.00 bits per heavy atom. The molecule has 1 saturated carbocycles. The Hall–Kier alpha value is -2.13. The lowest BCUT2D eigenvalue weighted by Gasteiger charge is -2.28. The zero-order valence-corrected chi connectivity index (χ0v) is 14.7. The molecule has 1 fully saturated rings. The van der Waals surface area contributed by atoms with Gasteiger partial charge in [-0.15, -0.1) is 11.3 Å². The standard InChI is InChI=1S/C21H22N2S/c1-16-14-22-20(24-16)23-15-21(12-13-21)19(17-8-4-2-5-9-17)18-10-6-3-7-11-18/h2-11,14,19H,12-13,15H2,1H3,(H,22,23). The molecule has 0 saturated heterocycles. The summed E-state index contributed by atoms with van der Waals surface area (Å²) in [5.41, 5.74) is 3.12. The van der Waals surface area contributed by atoms with Gasteiger partial charge in [-0.05, 0) is 36.3 Å². The first-order chi connectivity index (χ1) is 11.8. The van der Waals surface area contributed by atoms with Gasteiger partial charge in [-0.3, -0.25) is 0 Å². The molecular weight excluding hydrogens is 312 g/mol. The van der Waals surface area contributed by atoms with Crippen LogP contribution >= 0.6 is 11.3 Å². The van der Waals surface area contributed by atoms with Crippen LogP contribution in [0.4, 0.5) is 5.13 Å². The van der Waals surface area contributed by atoms with Gasteiger partial charge in [0.15, 0.2) is 5.13 Å². The second-order valence-electron chi connectivity index (χ2n) is 6.75. The Morgan fingerprint density at radius 3 is 2.04 bits per heavy atom. The monoisotopic (exact) mass is 334 g/mol. The first kappa shape index (κ1) is 15.4. The maximum absolute atomic E-state index is 4.46. The Kier molecular flexibility index (Phi) is 4.11. The lowest BCUT2D eigenvalue weighted by Crippen LogP contribution is -2.24. The third-order valence-electron chi connectivity index (χ3n) is 4.98. The van der Waals surface area contributed by atoms with Gasteiger partial charge in [-0.1, -0.05) is 60.7 Å². The molecule has 0 amide bonds. The van der Waals surface area contributed by atoms with Crippen molar-refractivity contribution in [3.8, 4) is 0 Å². The van der Waals surface area contributed by atoms with Crippen LogP contribution in [-0.2, 0) is 0 Å². The summed E-state index contributed by atoms with van der Waals surface area (Å²) in [5, 5.41) is 4.64. The first-order valence-electron chi connectivity index (χ1n) is 8.53. The number of anilines is 1. The lowest BCUT2D eigenvalue weighted by molar-refractivity contribution is 0.471. The minimum absolute atomic E-state index is 0.294. The van der Waals surface area contributed by atoms with E-state index in [1.165, 1.54) is 28.8 Å². The van der Waals surface area contributed by atoms with E-state index in [9.17, 15) is 0 Å². The van der Waals surface area contributed by atoms with E-state index in [0.717, 1.165) is 11.7 Å². The summed E-state index contributed by atoms with van der Waals surface area (Å²) in [4.78, 5) is 5.71. The van der Waals surface area contributed by atoms with Gasteiger partial charge in [-0.25, -0.2) is 4.98 Å². The SMILES string of the molecule is Cc1cnc(NCC2(C(c3ccccc3)c3ccccc3)CC2)s1. The van der Waals surface area contributed by atoms with E-state index >= 15 is 0 Å². The van der Waals surface area contributed by atoms with Crippen molar-refractivity contribution < 1.29 is 0 Å². The average Bonchev–Trinajstić information content (AvgIpc) is 3.28. The highest BCUT2D eigenvalue weighted by molar-refractivity contribution is 7.15. The van der Waals surface area contributed by atoms with Crippen LogP contribution in [0.5, 0.6) is 0 Å². The number of rotatable bonds is 6. The minimum atomic E-state index is 0.294. The van der Waals surface area contributed by atoms with E-state index in [1.54, 1.807) is 11.3 Å². The molecule has 3 aromatic rings. The van der Waals surface area contributed by atoms with Gasteiger partial charge in [0, 0.05) is 23.5 Å². The highest BCUT2D eigenvalue weighted by atomic mass is 32.1. The van der Waals surface area contributed by atoms with Crippen molar-refractivity contribution in [1.29, 1.82) is 0 Å². The molecule has 0 atom stereocenters. The summed E-state index contributed by atoms with van der Waals surface area (Å²) in [6.45, 7) is 3.08. The quantitative estimate of drug-likeness (QED) is 0.646. The van der Waals surface area contributed by atoms with Gasteiger partial charge in [0.2, 0.25) is 0 Å². The van der Waals surface area contributed by atoms with Crippen LogP contribution in [0.1, 0.15) is 34.8 Å². The molecule has 122 valence electrons. The van der Waals surface area contributed by atoms with Crippen LogP contribution in [0.15, 0.2) is 66.9 Å². The average molecular weight is 334 g/mol. The van der Waals surface area contributed by atoms with Gasteiger partial charge < -0.3 is 5.32 Å². The van der Waals surface area contributed by atoms with Gasteiger partial charge in [0.05, 0.1) is 0 Å². The van der Waals surface area contributed by atoms with Gasteiger partial charge in [0.1, 0.15) is 0 Å². The van der Waals surface area contributed by atoms with Crippen LogP contribution in [0, 0.1) is 12.3 Å². The molecule has 2 nitrogen and oxygen atoms in total. The molecule has 1 N–H and O–H groups in total. The summed E-state index contributed by atoms with van der Waals surface area (Å²) in [6.07, 6.45) is 4.47. The highest BCUT2D eigenvalue weighted by Gasteiger charge is 2.50. The van der Waals surface area contributed by atoms with Crippen LogP contribution in [0.25, 0.3) is 0 Å². The smallest absolute Gasteiger partial charge is 0.182 e. The van der Waals surface area contributed by atoms with Crippen molar-refractivity contribution in [3.63, 3.8) is 0 Å². The van der Waals surface area contributed by atoms with E-state index in [4.69, 9.17) is 0 Å². The summed E-state index contributed by atoms with van der Waals surface area (Å²) < 4.78 is 0. The molecule has 0 bridgehead atoms. The molecular formula is C21H22N2S. The lowest BCUT2D eigenvalue weighted by atomic mass is 9.78. The fourth-order valence-electron chi connectivity index (χ4n) is 3.61. The number of nitrogens with one attached hydrogen (secondary N) is 1. The molecule has 3 heteroatoms. The Bertz CT molecular complexity index is 751. The Labute approximate surface area is 147 Å². The van der Waals surface area contributed by atoms with Crippen LogP contribution < -0.4 is 5.32 Å². The number of aromatic nitrogens is 1. The third-order valence-corrected chi connectivity index (χ3v) is 5.85. The summed E-state index contributed by atoms with van der Waals surface area (Å²) >= 11 is 1.74. The van der Waals surface area contributed by atoms with Crippen molar-refractivity contribution in [1.82, 2.24) is 4.98 Å². The van der Waals surface area contributed by atoms with Crippen LogP contribution in [0.2, 0.25) is 0 Å². The molecule has 0 radical (unpaired) electrons. The predicted octanol–water partition coefficient (Wildman–Crippen LogP) is 5.48. The number of aryl methyl sites for hydroxylation is 1. The first-order valence-corrected chi connectivity index (χ1v) is 9.35. The number of hydrogen-bond acceptors (Lipinski definition) is 3. The summed E-state index contributed by atoms with van der Waals surface area (Å²) in [6, 6.07) is 21.9. The second-order valence-corrected chi connectivity index (χ2v) is 7.98. The molecule has 1 heterocycles. The molecule has 2 aromatic carbocycles. The summed E-state index contributed by atoms with van der Waals surface area (Å²) in [5.74, 6) is 0.438. The van der Waals surface area contributed by atoms with Gasteiger partial charge in [0.25, 0.3) is 0 Å². The topological polar surface area (TPSA) is 24.9 Å². The fourth-order valence-corrected chi connectivity index (χ4v) is 4.27. The Morgan fingerprint density at radius 2 is 1.58 bits per heavy atom. The number of nitrogens with zero attached hydrogens (tertiary/aromatic N) is 1. The van der Waals surface area contributed by atoms with Crippen molar-refractivity contribution in [2.45, 2.75) is 25.7 Å². The zero-order chi connectivity index (χ0) is 16.4. The molecule has 1 aliphatic rings. The van der Waals surface area contributed by atoms with Crippen molar-refractivity contribution in [3.05, 3.63) is 82.9 Å². The Balaban J connectivity index is 1.63. The summed E-state index contributed by atoms with van der Waals surface area (Å²) in [7, 11) is 0. The van der Waals surface area contributed by atoms with Crippen molar-refractivity contribution in [2.75, 3.05) is 11.9 Å². The molecule has 4 rings (SSSR count). The van der Waals surface area contributed by atoms with E-state index in [1.807, 2.05) is 6.20 Å². The minimum Gasteiger partial charge on any atom is -0.361 e. The molecule has 24 heavy (non-hydrogen) atoms.